The van der Waals surface area contributed by atoms with Crippen LogP contribution in [0.25, 0.3) is 10.2 Å². The van der Waals surface area contributed by atoms with Crippen molar-refractivity contribution >= 4 is 55.6 Å². The number of carbonyl (C=O) groups is 1. The molecular formula is C17H17N5O2S2. The smallest absolute Gasteiger partial charge is 0.257 e. The Balaban J connectivity index is 1.43. The quantitative estimate of drug-likeness (QED) is 0.395. The molecule has 0 saturated heterocycles. The van der Waals surface area contributed by atoms with Gasteiger partial charge in [-0.25, -0.2) is 4.98 Å². The lowest BCUT2D eigenvalue weighted by Gasteiger charge is -2.12. The molecule has 1 aromatic heterocycles. The van der Waals surface area contributed by atoms with Crippen molar-refractivity contribution < 1.29 is 9.53 Å². The lowest BCUT2D eigenvalue weighted by atomic mass is 10.3. The topological polar surface area (TPSA) is 87.3 Å². The lowest BCUT2D eigenvalue weighted by Crippen LogP contribution is -2.45. The summed E-state index contributed by atoms with van der Waals surface area (Å²) in [5, 5.41) is 6.92. The molecule has 0 aliphatic carbocycles. The predicted molar refractivity (Wildman–Crippen MR) is 109 cm³/mol. The van der Waals surface area contributed by atoms with Crippen LogP contribution in [0.15, 0.2) is 48.5 Å². The molecule has 7 nitrogen and oxygen atoms in total. The molecule has 0 spiro atoms. The number of anilines is 2. The first kappa shape index (κ1) is 17.9. The van der Waals surface area contributed by atoms with E-state index in [2.05, 4.69) is 26.5 Å². The first-order chi connectivity index (χ1) is 12.6. The van der Waals surface area contributed by atoms with E-state index in [1.807, 2.05) is 42.5 Å². The van der Waals surface area contributed by atoms with E-state index in [1.54, 1.807) is 13.2 Å². The lowest BCUT2D eigenvalue weighted by molar-refractivity contribution is -0.119. The third-order valence-electron chi connectivity index (χ3n) is 3.34. The van der Waals surface area contributed by atoms with Gasteiger partial charge in [0.25, 0.3) is 5.91 Å². The van der Waals surface area contributed by atoms with E-state index in [9.17, 15) is 4.79 Å². The van der Waals surface area contributed by atoms with Crippen molar-refractivity contribution in [3.63, 3.8) is 0 Å². The number of benzene rings is 2. The van der Waals surface area contributed by atoms with E-state index in [4.69, 9.17) is 17.0 Å². The minimum absolute atomic E-state index is 0.0780. The Labute approximate surface area is 159 Å². The molecule has 4 N–H and O–H groups in total. The van der Waals surface area contributed by atoms with Gasteiger partial charge in [0.05, 0.1) is 23.9 Å². The minimum Gasteiger partial charge on any atom is -0.497 e. The van der Waals surface area contributed by atoms with E-state index >= 15 is 0 Å². The van der Waals surface area contributed by atoms with Gasteiger partial charge >= 0.3 is 0 Å². The Bertz CT molecular complexity index is 895. The number of thiazole rings is 1. The second-order valence-corrected chi connectivity index (χ2v) is 6.64. The van der Waals surface area contributed by atoms with Crippen LogP contribution in [-0.4, -0.2) is 29.7 Å². The van der Waals surface area contributed by atoms with Crippen LogP contribution in [0.4, 0.5) is 10.8 Å². The number of thiocarbonyl (C=S) groups is 1. The molecule has 1 amide bonds. The Hall–Kier alpha value is -2.91. The summed E-state index contributed by atoms with van der Waals surface area (Å²) in [7, 11) is 1.59. The highest BCUT2D eigenvalue weighted by Gasteiger charge is 2.06. The summed E-state index contributed by atoms with van der Waals surface area (Å²) in [6, 6.07) is 15.1. The van der Waals surface area contributed by atoms with E-state index in [1.165, 1.54) is 11.3 Å². The summed E-state index contributed by atoms with van der Waals surface area (Å²) in [5.41, 5.74) is 6.84. The molecule has 0 fully saturated rings. The van der Waals surface area contributed by atoms with Crippen LogP contribution in [-0.2, 0) is 4.79 Å². The van der Waals surface area contributed by atoms with Gasteiger partial charge < -0.3 is 15.4 Å². The molecule has 9 heteroatoms. The number of carbonyl (C=O) groups excluding carboxylic acids is 1. The molecule has 0 atom stereocenters. The molecule has 26 heavy (non-hydrogen) atoms. The number of fused-ring (bicyclic) bond motifs is 1. The van der Waals surface area contributed by atoms with Gasteiger partial charge in [-0.2, -0.15) is 0 Å². The van der Waals surface area contributed by atoms with Crippen molar-refractivity contribution in [2.45, 2.75) is 0 Å². The largest absolute Gasteiger partial charge is 0.497 e. The summed E-state index contributed by atoms with van der Waals surface area (Å²) in [6.45, 7) is 0.0780. The fraction of sp³-hybridized carbons (Fsp3) is 0.118. The van der Waals surface area contributed by atoms with Crippen molar-refractivity contribution in [1.82, 2.24) is 15.8 Å². The zero-order valence-electron chi connectivity index (χ0n) is 13.9. The summed E-state index contributed by atoms with van der Waals surface area (Å²) >= 11 is 6.64. The normalized spacial score (nSPS) is 10.2. The van der Waals surface area contributed by atoms with Crippen molar-refractivity contribution in [3.05, 3.63) is 48.5 Å². The monoisotopic (exact) mass is 387 g/mol. The Morgan fingerprint density at radius 1 is 1.19 bits per heavy atom. The van der Waals surface area contributed by atoms with Crippen LogP contribution in [0, 0.1) is 0 Å². The number of rotatable bonds is 5. The van der Waals surface area contributed by atoms with Crippen molar-refractivity contribution in [2.24, 2.45) is 0 Å². The number of aromatic nitrogens is 1. The number of hydrogen-bond donors (Lipinski definition) is 4. The van der Waals surface area contributed by atoms with Gasteiger partial charge in [0.1, 0.15) is 5.75 Å². The Morgan fingerprint density at radius 2 is 2.04 bits per heavy atom. The molecule has 0 bridgehead atoms. The van der Waals surface area contributed by atoms with Crippen LogP contribution in [0.5, 0.6) is 5.75 Å². The molecule has 3 rings (SSSR count). The first-order valence-corrected chi connectivity index (χ1v) is 8.96. The van der Waals surface area contributed by atoms with Crippen LogP contribution in [0.1, 0.15) is 0 Å². The molecule has 1 heterocycles. The van der Waals surface area contributed by atoms with E-state index in [0.29, 0.717) is 10.9 Å². The van der Waals surface area contributed by atoms with Crippen molar-refractivity contribution in [3.8, 4) is 5.75 Å². The summed E-state index contributed by atoms with van der Waals surface area (Å²) in [6.07, 6.45) is 0. The van der Waals surface area contributed by atoms with E-state index < -0.39 is 0 Å². The molecule has 3 aromatic rings. The summed E-state index contributed by atoms with van der Waals surface area (Å²) in [5.74, 6) is 0.445. The van der Waals surface area contributed by atoms with Crippen LogP contribution >= 0.6 is 23.6 Å². The van der Waals surface area contributed by atoms with Gasteiger partial charge in [-0.15, -0.1) is 0 Å². The van der Waals surface area contributed by atoms with Crippen LogP contribution < -0.4 is 26.2 Å². The average molecular weight is 387 g/mol. The highest BCUT2D eigenvalue weighted by Crippen LogP contribution is 2.24. The maximum atomic E-state index is 11.9. The van der Waals surface area contributed by atoms with E-state index in [0.717, 1.165) is 15.9 Å². The second-order valence-electron chi connectivity index (χ2n) is 5.20. The van der Waals surface area contributed by atoms with Gasteiger partial charge in [0.2, 0.25) is 0 Å². The third kappa shape index (κ3) is 4.80. The number of methoxy groups -OCH3 is 1. The number of hydrogen-bond acceptors (Lipinski definition) is 6. The SMILES string of the molecule is COc1cccc(NC(=S)NNC(=O)CNc2nc3ccccc3s2)c1. The zero-order valence-corrected chi connectivity index (χ0v) is 15.5. The molecule has 0 saturated carbocycles. The average Bonchev–Trinajstić information content (AvgIpc) is 3.08. The second kappa shape index (κ2) is 8.45. The van der Waals surface area contributed by atoms with Crippen LogP contribution in [0.2, 0.25) is 0 Å². The number of nitrogens with zero attached hydrogens (tertiary/aromatic N) is 1. The highest BCUT2D eigenvalue weighted by atomic mass is 32.1. The molecule has 0 aliphatic heterocycles. The van der Waals surface area contributed by atoms with Crippen molar-refractivity contribution in [1.29, 1.82) is 0 Å². The van der Waals surface area contributed by atoms with Gasteiger partial charge in [-0.05, 0) is 36.5 Å². The molecule has 2 aromatic carbocycles. The molecule has 0 unspecified atom stereocenters. The number of ether oxygens (including phenoxy) is 1. The van der Waals surface area contributed by atoms with Gasteiger partial charge in [-0.3, -0.25) is 15.6 Å². The maximum absolute atomic E-state index is 11.9. The number of para-hydroxylation sites is 1. The zero-order chi connectivity index (χ0) is 18.4. The number of nitrogens with one attached hydrogen (secondary N) is 4. The number of hydrazine groups is 1. The first-order valence-electron chi connectivity index (χ1n) is 7.73. The van der Waals surface area contributed by atoms with Crippen LogP contribution in [0.3, 0.4) is 0 Å². The summed E-state index contributed by atoms with van der Waals surface area (Å²) in [4.78, 5) is 16.3. The highest BCUT2D eigenvalue weighted by molar-refractivity contribution is 7.80. The fourth-order valence-corrected chi connectivity index (χ4v) is 3.17. The van der Waals surface area contributed by atoms with Gasteiger partial charge in [-0.1, -0.05) is 29.5 Å². The number of amides is 1. The standard InChI is InChI=1S/C17H17N5O2S2/c1-24-12-6-4-5-11(9-12)19-16(25)22-21-15(23)10-18-17-20-13-7-2-3-8-14(13)26-17/h2-9H,10H2,1H3,(H,18,20)(H,21,23)(H2,19,22,25). The van der Waals surface area contributed by atoms with E-state index in [-0.39, 0.29) is 17.6 Å². The Morgan fingerprint density at radius 3 is 2.85 bits per heavy atom. The molecule has 134 valence electrons. The maximum Gasteiger partial charge on any atom is 0.257 e. The van der Waals surface area contributed by atoms with Gasteiger partial charge in [0, 0.05) is 11.8 Å². The fourth-order valence-electron chi connectivity index (χ4n) is 2.14. The van der Waals surface area contributed by atoms with Crippen molar-refractivity contribution in [2.75, 3.05) is 24.3 Å². The summed E-state index contributed by atoms with van der Waals surface area (Å²) < 4.78 is 6.21. The molecule has 0 radical (unpaired) electrons. The third-order valence-corrected chi connectivity index (χ3v) is 4.54. The molecule has 0 aliphatic rings. The van der Waals surface area contributed by atoms with Gasteiger partial charge in [0.15, 0.2) is 10.2 Å². The molecular weight excluding hydrogens is 370 g/mol. The predicted octanol–water partition coefficient (Wildman–Crippen LogP) is 2.73. The minimum atomic E-state index is -0.265. The Kier molecular flexibility index (Phi) is 5.82.